The summed E-state index contributed by atoms with van der Waals surface area (Å²) >= 11 is 0. The highest BCUT2D eigenvalue weighted by Gasteiger charge is 2.36. The van der Waals surface area contributed by atoms with Crippen LogP contribution in [-0.2, 0) is 11.2 Å². The van der Waals surface area contributed by atoms with Gasteiger partial charge in [0.1, 0.15) is 0 Å². The third kappa shape index (κ3) is 4.85. The van der Waals surface area contributed by atoms with Crippen LogP contribution in [0.15, 0.2) is 52.7 Å². The number of hydrogen-bond acceptors (Lipinski definition) is 7. The lowest BCUT2D eigenvalue weighted by Gasteiger charge is -2.35. The van der Waals surface area contributed by atoms with Crippen molar-refractivity contribution in [2.75, 3.05) is 34.5 Å². The smallest absolute Gasteiger partial charge is 0.322 e. The zero-order valence-electron chi connectivity index (χ0n) is 20.6. The highest BCUT2D eigenvalue weighted by molar-refractivity contribution is 5.87. The zero-order chi connectivity index (χ0) is 24.9. The topological polar surface area (TPSA) is 99.0 Å². The van der Waals surface area contributed by atoms with E-state index in [9.17, 15) is 4.79 Å². The van der Waals surface area contributed by atoms with E-state index in [-0.39, 0.29) is 6.03 Å². The van der Waals surface area contributed by atoms with Crippen LogP contribution in [0.25, 0.3) is 17.0 Å². The van der Waals surface area contributed by atoms with E-state index in [1.165, 1.54) is 5.56 Å². The van der Waals surface area contributed by atoms with Crippen molar-refractivity contribution in [3.8, 4) is 22.9 Å². The molecule has 2 heterocycles. The highest BCUT2D eigenvalue weighted by atomic mass is 16.5. The number of aromatic nitrogens is 2. The van der Waals surface area contributed by atoms with Crippen molar-refractivity contribution >= 4 is 11.6 Å². The molecule has 1 aliphatic heterocycles. The number of carbonyl (C=O) groups excluding carboxylic acids is 1. The van der Waals surface area contributed by atoms with Crippen molar-refractivity contribution in [2.24, 2.45) is 0 Å². The van der Waals surface area contributed by atoms with Gasteiger partial charge >= 0.3 is 6.03 Å². The minimum atomic E-state index is -0.531. The Labute approximate surface area is 204 Å². The van der Waals surface area contributed by atoms with Gasteiger partial charge in [0, 0.05) is 18.4 Å². The lowest BCUT2D eigenvalue weighted by atomic mass is 9.94. The third-order valence-corrected chi connectivity index (χ3v) is 6.13. The van der Waals surface area contributed by atoms with Gasteiger partial charge in [-0.3, -0.25) is 4.90 Å². The first kappa shape index (κ1) is 24.3. The number of urea groups is 1. The molecule has 4 rings (SSSR count). The molecule has 2 aromatic carbocycles. The lowest BCUT2D eigenvalue weighted by Crippen LogP contribution is -2.47. The summed E-state index contributed by atoms with van der Waals surface area (Å²) in [7, 11) is 4.75. The predicted octanol–water partition coefficient (Wildman–Crippen LogP) is 4.46. The Bertz CT molecular complexity index is 1220. The summed E-state index contributed by atoms with van der Waals surface area (Å²) in [6, 6.07) is 12.8. The Morgan fingerprint density at radius 1 is 1.06 bits per heavy atom. The number of aryl methyl sites for hydroxylation is 1. The minimum Gasteiger partial charge on any atom is -0.493 e. The molecule has 9 heteroatoms. The number of ether oxygens (including phenoxy) is 3. The fourth-order valence-corrected chi connectivity index (χ4v) is 4.13. The summed E-state index contributed by atoms with van der Waals surface area (Å²) in [5.74, 6) is 1.96. The van der Waals surface area contributed by atoms with Crippen molar-refractivity contribution in [3.63, 3.8) is 0 Å². The van der Waals surface area contributed by atoms with E-state index in [4.69, 9.17) is 23.7 Å². The van der Waals surface area contributed by atoms with Gasteiger partial charge in [0.2, 0.25) is 5.82 Å². The van der Waals surface area contributed by atoms with Gasteiger partial charge in [-0.15, -0.1) is 0 Å². The number of hydrogen-bond donors (Lipinski definition) is 1. The maximum Gasteiger partial charge on any atom is 0.322 e. The molecule has 2 amide bonds. The second kappa shape index (κ2) is 10.6. The standard InChI is InChI=1S/C26H30N4O5/c1-6-17-7-9-18(10-8-17)24-28-25(35-29-24)22-16(2)30(13-14-32-3)26(31)27-23(22)19-11-12-20(33-4)21(15-19)34-5/h7-12,15,23H,6,13-14H2,1-5H3,(H,27,31). The second-order valence-corrected chi connectivity index (χ2v) is 8.11. The molecule has 9 nitrogen and oxygen atoms in total. The number of methoxy groups -OCH3 is 3. The van der Waals surface area contributed by atoms with Crippen LogP contribution in [0.5, 0.6) is 11.5 Å². The quantitative estimate of drug-likeness (QED) is 0.485. The molecule has 0 saturated heterocycles. The molecule has 1 aliphatic rings. The molecule has 0 radical (unpaired) electrons. The fourth-order valence-electron chi connectivity index (χ4n) is 4.13. The van der Waals surface area contributed by atoms with Crippen LogP contribution in [0.1, 0.15) is 36.9 Å². The Morgan fingerprint density at radius 3 is 2.46 bits per heavy atom. The molecule has 184 valence electrons. The number of nitrogens with one attached hydrogen (secondary N) is 1. The first-order valence-electron chi connectivity index (χ1n) is 11.4. The Morgan fingerprint density at radius 2 is 1.80 bits per heavy atom. The van der Waals surface area contributed by atoms with Gasteiger partial charge in [0.15, 0.2) is 11.5 Å². The molecular weight excluding hydrogens is 448 g/mol. The third-order valence-electron chi connectivity index (χ3n) is 6.13. The number of nitrogens with zero attached hydrogens (tertiary/aromatic N) is 3. The predicted molar refractivity (Wildman–Crippen MR) is 131 cm³/mol. The van der Waals surface area contributed by atoms with E-state index in [2.05, 4.69) is 29.5 Å². The highest BCUT2D eigenvalue weighted by Crippen LogP contribution is 2.40. The molecule has 0 fully saturated rings. The number of benzene rings is 2. The average Bonchev–Trinajstić information content (AvgIpc) is 3.37. The molecule has 0 bridgehead atoms. The molecule has 0 aliphatic carbocycles. The van der Waals surface area contributed by atoms with E-state index in [1.54, 1.807) is 32.3 Å². The number of rotatable bonds is 9. The van der Waals surface area contributed by atoms with E-state index >= 15 is 0 Å². The summed E-state index contributed by atoms with van der Waals surface area (Å²) in [5, 5.41) is 7.30. The van der Waals surface area contributed by atoms with Crippen molar-refractivity contribution < 1.29 is 23.5 Å². The van der Waals surface area contributed by atoms with Gasteiger partial charge in [-0.05, 0) is 36.6 Å². The lowest BCUT2D eigenvalue weighted by molar-refractivity contribution is 0.158. The van der Waals surface area contributed by atoms with Crippen LogP contribution in [0, 0.1) is 0 Å². The molecule has 1 N–H and O–H groups in total. The number of carbonyl (C=O) groups is 1. The number of allylic oxidation sites excluding steroid dienone is 1. The van der Waals surface area contributed by atoms with Gasteiger partial charge in [-0.25, -0.2) is 4.79 Å². The molecule has 1 aromatic heterocycles. The van der Waals surface area contributed by atoms with Crippen LogP contribution < -0.4 is 14.8 Å². The van der Waals surface area contributed by atoms with Crippen molar-refractivity contribution in [3.05, 3.63) is 65.2 Å². The summed E-state index contributed by atoms with van der Waals surface area (Å²) in [4.78, 5) is 19.4. The average molecular weight is 479 g/mol. The Hall–Kier alpha value is -3.85. The Kier molecular flexibility index (Phi) is 7.36. The van der Waals surface area contributed by atoms with Crippen LogP contribution in [0.4, 0.5) is 4.79 Å². The maximum atomic E-state index is 13.0. The fraction of sp³-hybridized carbons (Fsp3) is 0.346. The van der Waals surface area contributed by atoms with Crippen LogP contribution in [0.3, 0.4) is 0 Å². The van der Waals surface area contributed by atoms with Gasteiger partial charge in [-0.1, -0.05) is 42.4 Å². The Balaban J connectivity index is 1.79. The SMILES string of the molecule is CCc1ccc(-c2noc(C3=C(C)N(CCOC)C(=O)NC3c3ccc(OC)c(OC)c3)n2)cc1. The van der Waals surface area contributed by atoms with Crippen molar-refractivity contribution in [2.45, 2.75) is 26.3 Å². The van der Waals surface area contributed by atoms with Crippen LogP contribution >= 0.6 is 0 Å². The van der Waals surface area contributed by atoms with E-state index in [0.29, 0.717) is 47.6 Å². The van der Waals surface area contributed by atoms with Crippen molar-refractivity contribution in [1.29, 1.82) is 0 Å². The van der Waals surface area contributed by atoms with E-state index in [0.717, 1.165) is 17.5 Å². The first-order valence-corrected chi connectivity index (χ1v) is 11.4. The van der Waals surface area contributed by atoms with Crippen LogP contribution in [-0.4, -0.2) is 55.6 Å². The van der Waals surface area contributed by atoms with Gasteiger partial charge in [-0.2, -0.15) is 4.98 Å². The minimum absolute atomic E-state index is 0.238. The summed E-state index contributed by atoms with van der Waals surface area (Å²) in [6.45, 7) is 4.75. The molecule has 35 heavy (non-hydrogen) atoms. The van der Waals surface area contributed by atoms with Gasteiger partial charge < -0.3 is 24.1 Å². The normalized spacial score (nSPS) is 15.9. The second-order valence-electron chi connectivity index (χ2n) is 8.11. The monoisotopic (exact) mass is 478 g/mol. The maximum absolute atomic E-state index is 13.0. The first-order chi connectivity index (χ1) is 17.0. The van der Waals surface area contributed by atoms with Gasteiger partial charge in [0.25, 0.3) is 5.89 Å². The van der Waals surface area contributed by atoms with Gasteiger partial charge in [0.05, 0.1) is 39.0 Å². The molecule has 0 spiro atoms. The van der Waals surface area contributed by atoms with E-state index in [1.807, 2.05) is 31.2 Å². The largest absolute Gasteiger partial charge is 0.493 e. The molecule has 3 aromatic rings. The van der Waals surface area contributed by atoms with Crippen LogP contribution in [0.2, 0.25) is 0 Å². The zero-order valence-corrected chi connectivity index (χ0v) is 20.6. The summed E-state index contributed by atoms with van der Waals surface area (Å²) in [6.07, 6.45) is 0.952. The molecular formula is C26H30N4O5. The molecule has 1 atom stereocenters. The molecule has 1 unspecified atom stereocenters. The van der Waals surface area contributed by atoms with Crippen molar-refractivity contribution in [1.82, 2.24) is 20.4 Å². The number of amides is 2. The summed E-state index contributed by atoms with van der Waals surface area (Å²) in [5.41, 5.74) is 4.30. The molecule has 0 saturated carbocycles. The summed E-state index contributed by atoms with van der Waals surface area (Å²) < 4.78 is 21.8. The van der Waals surface area contributed by atoms with E-state index < -0.39 is 6.04 Å².